The van der Waals surface area contributed by atoms with Crippen LogP contribution >= 0.6 is 0 Å². The van der Waals surface area contributed by atoms with E-state index in [1.165, 1.54) is 4.90 Å². The SMILES string of the molecule is O=C(OCC(=O)N1CCCC1=O)[C@@H]1CC(=O)N(c2ccc3c(c2)OCCO3)C1. The zero-order valence-corrected chi connectivity index (χ0v) is 15.2. The molecule has 28 heavy (non-hydrogen) atoms. The highest BCUT2D eigenvalue weighted by Gasteiger charge is 2.37. The fourth-order valence-corrected chi connectivity index (χ4v) is 3.56. The highest BCUT2D eigenvalue weighted by atomic mass is 16.6. The highest BCUT2D eigenvalue weighted by molar-refractivity contribution is 6.00. The smallest absolute Gasteiger partial charge is 0.311 e. The number of hydrogen-bond acceptors (Lipinski definition) is 7. The van der Waals surface area contributed by atoms with Crippen molar-refractivity contribution in [3.8, 4) is 11.5 Å². The van der Waals surface area contributed by atoms with Crippen molar-refractivity contribution in [2.24, 2.45) is 5.92 Å². The Bertz CT molecular complexity index is 838. The number of carbonyl (C=O) groups is 4. The van der Waals surface area contributed by atoms with E-state index in [0.717, 1.165) is 4.90 Å². The van der Waals surface area contributed by atoms with E-state index in [-0.39, 0.29) is 24.8 Å². The molecule has 1 atom stereocenters. The van der Waals surface area contributed by atoms with Gasteiger partial charge in [-0.05, 0) is 18.6 Å². The second-order valence-corrected chi connectivity index (χ2v) is 6.88. The molecule has 9 nitrogen and oxygen atoms in total. The van der Waals surface area contributed by atoms with E-state index in [1.807, 2.05) is 0 Å². The molecule has 0 unspecified atom stereocenters. The lowest BCUT2D eigenvalue weighted by atomic mass is 10.1. The van der Waals surface area contributed by atoms with Gasteiger partial charge in [0.25, 0.3) is 5.91 Å². The molecule has 3 aliphatic rings. The first-order chi connectivity index (χ1) is 13.5. The Labute approximate surface area is 161 Å². The van der Waals surface area contributed by atoms with Gasteiger partial charge in [0.2, 0.25) is 11.8 Å². The number of fused-ring (bicyclic) bond motifs is 1. The van der Waals surface area contributed by atoms with Gasteiger partial charge >= 0.3 is 5.97 Å². The van der Waals surface area contributed by atoms with Crippen LogP contribution in [0.15, 0.2) is 18.2 Å². The summed E-state index contributed by atoms with van der Waals surface area (Å²) >= 11 is 0. The van der Waals surface area contributed by atoms with Gasteiger partial charge in [-0.1, -0.05) is 0 Å². The number of likely N-dealkylation sites (tertiary alicyclic amines) is 1. The van der Waals surface area contributed by atoms with Crippen molar-refractivity contribution in [2.45, 2.75) is 19.3 Å². The number of imide groups is 1. The van der Waals surface area contributed by atoms with Crippen LogP contribution in [0.1, 0.15) is 19.3 Å². The second-order valence-electron chi connectivity index (χ2n) is 6.88. The molecule has 0 spiro atoms. The summed E-state index contributed by atoms with van der Waals surface area (Å²) in [6.07, 6.45) is 0.964. The van der Waals surface area contributed by atoms with Gasteiger partial charge in [0.05, 0.1) is 5.92 Å². The van der Waals surface area contributed by atoms with Gasteiger partial charge in [-0.3, -0.25) is 24.1 Å². The molecular weight excluding hydrogens is 368 g/mol. The van der Waals surface area contributed by atoms with E-state index >= 15 is 0 Å². The molecule has 0 N–H and O–H groups in total. The maximum Gasteiger partial charge on any atom is 0.311 e. The summed E-state index contributed by atoms with van der Waals surface area (Å²) in [5.74, 6) is -1.09. The maximum atomic E-state index is 12.4. The van der Waals surface area contributed by atoms with Gasteiger partial charge < -0.3 is 19.1 Å². The Kier molecular flexibility index (Phi) is 4.89. The Morgan fingerprint density at radius 3 is 2.64 bits per heavy atom. The molecule has 0 saturated carbocycles. The first kappa shape index (κ1) is 18.3. The fourth-order valence-electron chi connectivity index (χ4n) is 3.56. The minimum Gasteiger partial charge on any atom is -0.486 e. The zero-order chi connectivity index (χ0) is 19.7. The molecule has 2 saturated heterocycles. The lowest BCUT2D eigenvalue weighted by molar-refractivity contribution is -0.157. The largest absolute Gasteiger partial charge is 0.486 e. The number of anilines is 1. The van der Waals surface area contributed by atoms with Crippen LogP contribution in [0, 0.1) is 5.92 Å². The molecule has 3 heterocycles. The first-order valence-electron chi connectivity index (χ1n) is 9.23. The van der Waals surface area contributed by atoms with Crippen molar-refractivity contribution in [3.05, 3.63) is 18.2 Å². The summed E-state index contributed by atoms with van der Waals surface area (Å²) in [7, 11) is 0. The van der Waals surface area contributed by atoms with E-state index in [4.69, 9.17) is 14.2 Å². The Hall–Kier alpha value is -3.10. The van der Waals surface area contributed by atoms with Gasteiger partial charge in [0, 0.05) is 37.7 Å². The van der Waals surface area contributed by atoms with Gasteiger partial charge in [0.15, 0.2) is 18.1 Å². The van der Waals surface area contributed by atoms with Crippen molar-refractivity contribution in [3.63, 3.8) is 0 Å². The van der Waals surface area contributed by atoms with Gasteiger partial charge in [-0.15, -0.1) is 0 Å². The number of ether oxygens (including phenoxy) is 3. The van der Waals surface area contributed by atoms with Crippen LogP contribution in [0.3, 0.4) is 0 Å². The van der Waals surface area contributed by atoms with Gasteiger partial charge in [0.1, 0.15) is 13.2 Å². The van der Waals surface area contributed by atoms with Crippen LogP contribution in [0.4, 0.5) is 5.69 Å². The lowest BCUT2D eigenvalue weighted by Gasteiger charge is -2.22. The van der Waals surface area contributed by atoms with Crippen molar-refractivity contribution >= 4 is 29.4 Å². The summed E-state index contributed by atoms with van der Waals surface area (Å²) < 4.78 is 16.1. The Balaban J connectivity index is 1.35. The van der Waals surface area contributed by atoms with Crippen LogP contribution < -0.4 is 14.4 Å². The highest BCUT2D eigenvalue weighted by Crippen LogP contribution is 2.36. The summed E-state index contributed by atoms with van der Waals surface area (Å²) in [5, 5.41) is 0. The topological polar surface area (TPSA) is 102 Å². The molecule has 0 aromatic heterocycles. The summed E-state index contributed by atoms with van der Waals surface area (Å²) in [4.78, 5) is 50.8. The first-order valence-corrected chi connectivity index (χ1v) is 9.23. The molecule has 148 valence electrons. The molecule has 3 aliphatic heterocycles. The van der Waals surface area contributed by atoms with E-state index in [9.17, 15) is 19.2 Å². The molecule has 3 amide bonds. The Morgan fingerprint density at radius 2 is 1.89 bits per heavy atom. The minimum atomic E-state index is -0.664. The molecule has 2 fully saturated rings. The van der Waals surface area contributed by atoms with E-state index in [2.05, 4.69) is 0 Å². The third-order valence-corrected chi connectivity index (χ3v) is 5.01. The molecule has 1 aromatic rings. The minimum absolute atomic E-state index is 0.00408. The number of carbonyl (C=O) groups excluding carboxylic acids is 4. The lowest BCUT2D eigenvalue weighted by Crippen LogP contribution is -2.36. The summed E-state index contributed by atoms with van der Waals surface area (Å²) in [6, 6.07) is 5.18. The van der Waals surface area contributed by atoms with Gasteiger partial charge in [-0.2, -0.15) is 0 Å². The fraction of sp³-hybridized carbons (Fsp3) is 0.474. The average Bonchev–Trinajstić information content (AvgIpc) is 3.31. The average molecular weight is 388 g/mol. The number of nitrogens with zero attached hydrogens (tertiary/aromatic N) is 2. The summed E-state index contributed by atoms with van der Waals surface area (Å²) in [6.45, 7) is 0.944. The van der Waals surface area contributed by atoms with E-state index in [0.29, 0.717) is 49.8 Å². The molecule has 0 radical (unpaired) electrons. The van der Waals surface area contributed by atoms with E-state index < -0.39 is 24.4 Å². The number of hydrogen-bond donors (Lipinski definition) is 0. The second kappa shape index (κ2) is 7.49. The van der Waals surface area contributed by atoms with Crippen LogP contribution in [-0.4, -0.2) is 61.5 Å². The van der Waals surface area contributed by atoms with Crippen LogP contribution in [0.5, 0.6) is 11.5 Å². The van der Waals surface area contributed by atoms with Crippen LogP contribution in [0.2, 0.25) is 0 Å². The van der Waals surface area contributed by atoms with Crippen molar-refractivity contribution in [1.29, 1.82) is 0 Å². The number of rotatable bonds is 4. The molecule has 9 heteroatoms. The van der Waals surface area contributed by atoms with Crippen LogP contribution in [0.25, 0.3) is 0 Å². The predicted molar refractivity (Wildman–Crippen MR) is 94.8 cm³/mol. The zero-order valence-electron chi connectivity index (χ0n) is 15.2. The molecule has 1 aromatic carbocycles. The van der Waals surface area contributed by atoms with Crippen LogP contribution in [-0.2, 0) is 23.9 Å². The summed E-state index contributed by atoms with van der Waals surface area (Å²) in [5.41, 5.74) is 0.614. The van der Waals surface area contributed by atoms with Crippen molar-refractivity contribution in [2.75, 3.05) is 37.8 Å². The third kappa shape index (κ3) is 3.51. The predicted octanol–water partition coefficient (Wildman–Crippen LogP) is 0.503. The number of esters is 1. The standard InChI is InChI=1S/C19H20N2O7/c22-16-2-1-5-20(16)18(24)11-28-19(25)12-8-17(23)21(10-12)13-3-4-14-15(9-13)27-7-6-26-14/h3-4,9,12H,1-2,5-8,10-11H2/t12-/m1/s1. The maximum absolute atomic E-state index is 12.4. The molecule has 0 bridgehead atoms. The molecular formula is C19H20N2O7. The number of amides is 3. The van der Waals surface area contributed by atoms with Gasteiger partial charge in [-0.25, -0.2) is 0 Å². The molecule has 4 rings (SSSR count). The van der Waals surface area contributed by atoms with Crippen molar-refractivity contribution < 1.29 is 33.4 Å². The Morgan fingerprint density at radius 1 is 1.11 bits per heavy atom. The monoisotopic (exact) mass is 388 g/mol. The normalized spacial score (nSPS) is 21.2. The number of benzene rings is 1. The van der Waals surface area contributed by atoms with Crippen molar-refractivity contribution in [1.82, 2.24) is 4.90 Å². The molecule has 0 aliphatic carbocycles. The third-order valence-electron chi connectivity index (χ3n) is 5.01. The quantitative estimate of drug-likeness (QED) is 0.692. The van der Waals surface area contributed by atoms with E-state index in [1.54, 1.807) is 18.2 Å².